The highest BCUT2D eigenvalue weighted by Crippen LogP contribution is 1.97. The first-order valence-electron chi connectivity index (χ1n) is 5.85. The minimum absolute atomic E-state index is 0.239. The molecule has 0 bridgehead atoms. The van der Waals surface area contributed by atoms with E-state index >= 15 is 0 Å². The van der Waals surface area contributed by atoms with Crippen LogP contribution in [-0.4, -0.2) is 31.2 Å². The van der Waals surface area contributed by atoms with Crippen LogP contribution in [-0.2, 0) is 9.53 Å². The third-order valence-corrected chi connectivity index (χ3v) is 2.02. The van der Waals surface area contributed by atoms with E-state index in [1.165, 1.54) is 0 Å². The van der Waals surface area contributed by atoms with Crippen molar-refractivity contribution >= 4 is 12.0 Å². The van der Waals surface area contributed by atoms with Crippen LogP contribution in [0, 0.1) is 0 Å². The topological polar surface area (TPSA) is 67.4 Å². The van der Waals surface area contributed by atoms with Gasteiger partial charge in [-0.15, -0.1) is 0 Å². The molecule has 5 heteroatoms. The van der Waals surface area contributed by atoms with E-state index in [2.05, 4.69) is 24.1 Å². The van der Waals surface area contributed by atoms with Gasteiger partial charge in [0.2, 0.25) is 0 Å². The Labute approximate surface area is 103 Å². The minimum Gasteiger partial charge on any atom is -0.457 e. The molecule has 0 heterocycles. The zero-order valence-electron chi connectivity index (χ0n) is 10.8. The van der Waals surface area contributed by atoms with Crippen LogP contribution in [0.2, 0.25) is 0 Å². The maximum atomic E-state index is 11.3. The van der Waals surface area contributed by atoms with Crippen LogP contribution in [0.15, 0.2) is 12.2 Å². The van der Waals surface area contributed by atoms with E-state index in [1.54, 1.807) is 13.8 Å². The summed E-state index contributed by atoms with van der Waals surface area (Å²) in [4.78, 5) is 22.4. The number of carbonyl (C=O) groups excluding carboxylic acids is 2. The predicted octanol–water partition coefficient (Wildman–Crippen LogP) is 1.59. The molecule has 0 aromatic heterocycles. The van der Waals surface area contributed by atoms with E-state index in [1.807, 2.05) is 0 Å². The van der Waals surface area contributed by atoms with Gasteiger partial charge < -0.3 is 15.4 Å². The van der Waals surface area contributed by atoms with Crippen molar-refractivity contribution in [3.05, 3.63) is 12.2 Å². The summed E-state index contributed by atoms with van der Waals surface area (Å²) >= 11 is 0. The van der Waals surface area contributed by atoms with Crippen molar-refractivity contribution in [3.63, 3.8) is 0 Å². The zero-order chi connectivity index (χ0) is 13.3. The first kappa shape index (κ1) is 15.5. The summed E-state index contributed by atoms with van der Waals surface area (Å²) < 4.78 is 5.01. The summed E-state index contributed by atoms with van der Waals surface area (Å²) in [6.45, 7) is 9.78. The molecule has 2 N–H and O–H groups in total. The van der Waals surface area contributed by atoms with Gasteiger partial charge in [0.15, 0.2) is 0 Å². The van der Waals surface area contributed by atoms with Gasteiger partial charge in [-0.1, -0.05) is 19.9 Å². The number of esters is 1. The Morgan fingerprint density at radius 1 is 1.35 bits per heavy atom. The summed E-state index contributed by atoms with van der Waals surface area (Å²) in [7, 11) is 0. The fourth-order valence-electron chi connectivity index (χ4n) is 1.00. The monoisotopic (exact) mass is 242 g/mol. The molecule has 2 amide bonds. The van der Waals surface area contributed by atoms with Gasteiger partial charge in [-0.05, 0) is 20.3 Å². The van der Waals surface area contributed by atoms with E-state index in [9.17, 15) is 9.59 Å². The largest absolute Gasteiger partial charge is 0.457 e. The second-order valence-electron chi connectivity index (χ2n) is 3.99. The maximum absolute atomic E-state index is 11.3. The van der Waals surface area contributed by atoms with Gasteiger partial charge in [0.05, 0.1) is 6.54 Å². The third kappa shape index (κ3) is 8.30. The molecule has 0 aromatic rings. The van der Waals surface area contributed by atoms with E-state index in [0.717, 1.165) is 12.8 Å². The van der Waals surface area contributed by atoms with Crippen molar-refractivity contribution in [2.45, 2.75) is 39.7 Å². The van der Waals surface area contributed by atoms with Gasteiger partial charge >= 0.3 is 12.0 Å². The average Bonchev–Trinajstić information content (AvgIpc) is 2.26. The van der Waals surface area contributed by atoms with E-state index in [-0.39, 0.29) is 18.7 Å². The number of hydrogen-bond acceptors (Lipinski definition) is 3. The van der Waals surface area contributed by atoms with Crippen LogP contribution in [0.25, 0.3) is 0 Å². The molecule has 0 rings (SSSR count). The number of carbonyl (C=O) groups is 2. The van der Waals surface area contributed by atoms with Gasteiger partial charge in [-0.2, -0.15) is 0 Å². The van der Waals surface area contributed by atoms with Crippen molar-refractivity contribution in [2.24, 2.45) is 0 Å². The number of amides is 2. The number of ether oxygens (including phenoxy) is 1. The van der Waals surface area contributed by atoms with E-state index in [4.69, 9.17) is 4.74 Å². The van der Waals surface area contributed by atoms with Gasteiger partial charge in [-0.25, -0.2) is 9.59 Å². The van der Waals surface area contributed by atoms with Gasteiger partial charge in [-0.3, -0.25) is 0 Å². The van der Waals surface area contributed by atoms with Crippen LogP contribution < -0.4 is 10.6 Å². The Morgan fingerprint density at radius 2 is 2.00 bits per heavy atom. The smallest absolute Gasteiger partial charge is 0.333 e. The molecule has 0 radical (unpaired) electrons. The van der Waals surface area contributed by atoms with Gasteiger partial charge in [0.1, 0.15) is 6.10 Å². The molecule has 0 saturated carbocycles. The molecule has 1 atom stereocenters. The molecule has 0 aliphatic rings. The lowest BCUT2D eigenvalue weighted by atomic mass is 10.3. The molecular formula is C12H22N2O3. The van der Waals surface area contributed by atoms with Crippen molar-refractivity contribution in [2.75, 3.05) is 13.1 Å². The van der Waals surface area contributed by atoms with E-state index < -0.39 is 5.97 Å². The summed E-state index contributed by atoms with van der Waals surface area (Å²) in [5.74, 6) is -0.439. The number of unbranched alkanes of at least 4 members (excludes halogenated alkanes) is 1. The molecule has 1 unspecified atom stereocenters. The molecule has 0 aromatic carbocycles. The highest BCUT2D eigenvalue weighted by Gasteiger charge is 2.10. The minimum atomic E-state index is -0.439. The first-order valence-corrected chi connectivity index (χ1v) is 5.85. The Kier molecular flexibility index (Phi) is 7.84. The normalized spacial score (nSPS) is 11.5. The molecule has 0 spiro atoms. The number of rotatable bonds is 7. The first-order chi connectivity index (χ1) is 7.97. The molecule has 0 fully saturated rings. The summed E-state index contributed by atoms with van der Waals surface area (Å²) in [5, 5.41) is 5.34. The standard InChI is InChI=1S/C12H22N2O3/c1-5-6-7-13-12(16)14-8-10(4)17-11(15)9(2)3/h10H,2,5-8H2,1,3-4H3,(H2,13,14,16). The Bertz CT molecular complexity index is 277. The molecule has 5 nitrogen and oxygen atoms in total. The SMILES string of the molecule is C=C(C)C(=O)OC(C)CNC(=O)NCCCC. The van der Waals surface area contributed by atoms with Crippen molar-refractivity contribution < 1.29 is 14.3 Å². The predicted molar refractivity (Wildman–Crippen MR) is 66.7 cm³/mol. The fraction of sp³-hybridized carbons (Fsp3) is 0.667. The number of nitrogens with one attached hydrogen (secondary N) is 2. The molecule has 17 heavy (non-hydrogen) atoms. The van der Waals surface area contributed by atoms with Crippen LogP contribution >= 0.6 is 0 Å². The summed E-state index contributed by atoms with van der Waals surface area (Å²) in [6, 6.07) is -0.239. The highest BCUT2D eigenvalue weighted by molar-refractivity contribution is 5.87. The van der Waals surface area contributed by atoms with Crippen LogP contribution in [0.4, 0.5) is 4.79 Å². The van der Waals surface area contributed by atoms with Crippen LogP contribution in [0.1, 0.15) is 33.6 Å². The Hall–Kier alpha value is -1.52. The second kappa shape index (κ2) is 8.61. The molecule has 0 saturated heterocycles. The Balaban J connectivity index is 3.69. The third-order valence-electron chi connectivity index (χ3n) is 2.02. The maximum Gasteiger partial charge on any atom is 0.333 e. The lowest BCUT2D eigenvalue weighted by Crippen LogP contribution is -2.40. The summed E-state index contributed by atoms with van der Waals surface area (Å²) in [6.07, 6.45) is 1.62. The lowest BCUT2D eigenvalue weighted by Gasteiger charge is -2.14. The molecule has 0 aliphatic carbocycles. The fourth-order valence-corrected chi connectivity index (χ4v) is 1.00. The number of hydrogen-bond donors (Lipinski definition) is 2. The lowest BCUT2D eigenvalue weighted by molar-refractivity contribution is -0.143. The molecular weight excluding hydrogens is 220 g/mol. The molecule has 0 aliphatic heterocycles. The van der Waals surface area contributed by atoms with Gasteiger partial charge in [0, 0.05) is 12.1 Å². The van der Waals surface area contributed by atoms with Gasteiger partial charge in [0.25, 0.3) is 0 Å². The highest BCUT2D eigenvalue weighted by atomic mass is 16.5. The quantitative estimate of drug-likeness (QED) is 0.405. The van der Waals surface area contributed by atoms with E-state index in [0.29, 0.717) is 12.1 Å². The van der Waals surface area contributed by atoms with Crippen LogP contribution in [0.5, 0.6) is 0 Å². The van der Waals surface area contributed by atoms with Crippen molar-refractivity contribution in [1.29, 1.82) is 0 Å². The van der Waals surface area contributed by atoms with Crippen molar-refractivity contribution in [1.82, 2.24) is 10.6 Å². The summed E-state index contributed by atoms with van der Waals surface area (Å²) in [5.41, 5.74) is 0.351. The molecule has 98 valence electrons. The second-order valence-corrected chi connectivity index (χ2v) is 3.99. The van der Waals surface area contributed by atoms with Crippen molar-refractivity contribution in [3.8, 4) is 0 Å². The van der Waals surface area contributed by atoms with Crippen LogP contribution in [0.3, 0.4) is 0 Å². The number of urea groups is 1. The zero-order valence-corrected chi connectivity index (χ0v) is 10.8. The average molecular weight is 242 g/mol. The Morgan fingerprint density at radius 3 is 2.53 bits per heavy atom.